The monoisotopic (exact) mass is 300 g/mol. The summed E-state index contributed by atoms with van der Waals surface area (Å²) in [6, 6.07) is 15.3. The highest BCUT2D eigenvalue weighted by Crippen LogP contribution is 2.22. The van der Waals surface area contributed by atoms with Crippen LogP contribution < -0.4 is 5.69 Å². The molecular formula is C17H17ClN2O. The molecule has 3 rings (SSSR count). The zero-order valence-electron chi connectivity index (χ0n) is 11.9. The SMILES string of the molecule is CCCCn1c(=O)n(-c2ccccc2)c2cc(Cl)ccc21. The van der Waals surface area contributed by atoms with Crippen molar-refractivity contribution in [1.29, 1.82) is 0 Å². The molecule has 0 radical (unpaired) electrons. The van der Waals surface area contributed by atoms with Crippen molar-refractivity contribution in [2.24, 2.45) is 0 Å². The van der Waals surface area contributed by atoms with Gasteiger partial charge in [0.15, 0.2) is 0 Å². The van der Waals surface area contributed by atoms with Gasteiger partial charge < -0.3 is 0 Å². The number of nitrogens with zero attached hydrogens (tertiary/aromatic N) is 2. The van der Waals surface area contributed by atoms with Gasteiger partial charge in [0, 0.05) is 11.6 Å². The molecule has 0 N–H and O–H groups in total. The van der Waals surface area contributed by atoms with E-state index in [-0.39, 0.29) is 5.69 Å². The summed E-state index contributed by atoms with van der Waals surface area (Å²) in [7, 11) is 0. The first-order valence-corrected chi connectivity index (χ1v) is 7.56. The van der Waals surface area contributed by atoms with Crippen LogP contribution in [0.2, 0.25) is 5.02 Å². The summed E-state index contributed by atoms with van der Waals surface area (Å²) in [6.45, 7) is 2.85. The molecule has 0 bridgehead atoms. The van der Waals surface area contributed by atoms with Gasteiger partial charge in [0.25, 0.3) is 0 Å². The summed E-state index contributed by atoms with van der Waals surface area (Å²) >= 11 is 6.12. The average molecular weight is 301 g/mol. The lowest BCUT2D eigenvalue weighted by molar-refractivity contribution is 0.622. The molecular weight excluding hydrogens is 284 g/mol. The maximum atomic E-state index is 12.8. The molecule has 0 fully saturated rings. The van der Waals surface area contributed by atoms with Gasteiger partial charge in [0.1, 0.15) is 0 Å². The van der Waals surface area contributed by atoms with Gasteiger partial charge in [0.05, 0.1) is 16.7 Å². The van der Waals surface area contributed by atoms with Crippen LogP contribution in [-0.4, -0.2) is 9.13 Å². The Morgan fingerprint density at radius 1 is 1.05 bits per heavy atom. The number of unbranched alkanes of at least 4 members (excludes halogenated alkanes) is 1. The molecule has 0 aliphatic heterocycles. The number of aromatic nitrogens is 2. The van der Waals surface area contributed by atoms with E-state index in [0.29, 0.717) is 5.02 Å². The Hall–Kier alpha value is -2.00. The number of para-hydroxylation sites is 1. The molecule has 3 nitrogen and oxygen atoms in total. The number of halogens is 1. The Labute approximate surface area is 128 Å². The number of aryl methyl sites for hydroxylation is 1. The lowest BCUT2D eigenvalue weighted by Gasteiger charge is -2.02. The van der Waals surface area contributed by atoms with E-state index in [9.17, 15) is 4.79 Å². The normalized spacial score (nSPS) is 11.1. The van der Waals surface area contributed by atoms with Gasteiger partial charge in [0.2, 0.25) is 0 Å². The van der Waals surface area contributed by atoms with Crippen molar-refractivity contribution < 1.29 is 0 Å². The molecule has 0 atom stereocenters. The van der Waals surface area contributed by atoms with Gasteiger partial charge in [-0.3, -0.25) is 9.13 Å². The average Bonchev–Trinajstić information content (AvgIpc) is 2.77. The smallest absolute Gasteiger partial charge is 0.292 e. The van der Waals surface area contributed by atoms with Crippen LogP contribution in [-0.2, 0) is 6.54 Å². The summed E-state index contributed by atoms with van der Waals surface area (Å²) in [5.74, 6) is 0. The zero-order chi connectivity index (χ0) is 14.8. The van der Waals surface area contributed by atoms with Crippen LogP contribution in [0.3, 0.4) is 0 Å². The highest BCUT2D eigenvalue weighted by Gasteiger charge is 2.14. The minimum Gasteiger partial charge on any atom is -0.292 e. The van der Waals surface area contributed by atoms with Crippen LogP contribution in [0, 0.1) is 0 Å². The molecule has 0 aliphatic rings. The number of hydrogen-bond acceptors (Lipinski definition) is 1. The first-order chi connectivity index (χ1) is 10.2. The van der Waals surface area contributed by atoms with Gasteiger partial charge in [-0.2, -0.15) is 0 Å². The third kappa shape index (κ3) is 2.49. The van der Waals surface area contributed by atoms with Crippen molar-refractivity contribution in [1.82, 2.24) is 9.13 Å². The Kier molecular flexibility index (Phi) is 3.84. The third-order valence-corrected chi connectivity index (χ3v) is 3.88. The van der Waals surface area contributed by atoms with Gasteiger partial charge in [-0.25, -0.2) is 4.79 Å². The molecule has 4 heteroatoms. The van der Waals surface area contributed by atoms with E-state index < -0.39 is 0 Å². The van der Waals surface area contributed by atoms with Crippen LogP contribution in [0.25, 0.3) is 16.7 Å². The first kappa shape index (κ1) is 14.0. The van der Waals surface area contributed by atoms with Crippen molar-refractivity contribution in [3.63, 3.8) is 0 Å². The summed E-state index contributed by atoms with van der Waals surface area (Å²) in [6.07, 6.45) is 2.04. The summed E-state index contributed by atoms with van der Waals surface area (Å²) < 4.78 is 3.57. The van der Waals surface area contributed by atoms with Crippen LogP contribution in [0.4, 0.5) is 0 Å². The number of fused-ring (bicyclic) bond motifs is 1. The van der Waals surface area contributed by atoms with Gasteiger partial charge in [-0.1, -0.05) is 43.1 Å². The standard InChI is InChI=1S/C17H17ClN2O/c1-2-3-11-19-15-10-9-13(18)12-16(15)20(17(19)21)14-7-5-4-6-8-14/h4-10,12H,2-3,11H2,1H3. The second-order valence-electron chi connectivity index (χ2n) is 5.09. The van der Waals surface area contributed by atoms with E-state index in [1.807, 2.05) is 53.1 Å². The Morgan fingerprint density at radius 3 is 2.52 bits per heavy atom. The van der Waals surface area contributed by atoms with Crippen molar-refractivity contribution >= 4 is 22.6 Å². The molecule has 0 saturated carbocycles. The molecule has 21 heavy (non-hydrogen) atoms. The van der Waals surface area contributed by atoms with Crippen molar-refractivity contribution in [3.05, 3.63) is 64.0 Å². The molecule has 108 valence electrons. The largest absolute Gasteiger partial charge is 0.333 e. The predicted molar refractivity (Wildman–Crippen MR) is 87.5 cm³/mol. The lowest BCUT2D eigenvalue weighted by atomic mass is 10.2. The molecule has 0 unspecified atom stereocenters. The molecule has 0 spiro atoms. The van der Waals surface area contributed by atoms with E-state index in [4.69, 9.17) is 11.6 Å². The van der Waals surface area contributed by atoms with Crippen LogP contribution >= 0.6 is 11.6 Å². The Balaban J connectivity index is 2.30. The lowest BCUT2D eigenvalue weighted by Crippen LogP contribution is -2.23. The Morgan fingerprint density at radius 2 is 1.81 bits per heavy atom. The fourth-order valence-corrected chi connectivity index (χ4v) is 2.76. The summed E-state index contributed by atoms with van der Waals surface area (Å²) in [5, 5.41) is 0.639. The molecule has 1 heterocycles. The van der Waals surface area contributed by atoms with Crippen molar-refractivity contribution in [3.8, 4) is 5.69 Å². The minimum absolute atomic E-state index is 0.00748. The molecule has 2 aromatic carbocycles. The predicted octanol–water partition coefficient (Wildman–Crippen LogP) is 4.25. The van der Waals surface area contributed by atoms with Gasteiger partial charge in [-0.05, 0) is 36.8 Å². The maximum absolute atomic E-state index is 12.8. The van der Waals surface area contributed by atoms with Crippen molar-refractivity contribution in [2.45, 2.75) is 26.3 Å². The van der Waals surface area contributed by atoms with E-state index in [1.54, 1.807) is 4.57 Å². The highest BCUT2D eigenvalue weighted by atomic mass is 35.5. The quantitative estimate of drug-likeness (QED) is 0.708. The molecule has 0 amide bonds. The fraction of sp³-hybridized carbons (Fsp3) is 0.235. The summed E-state index contributed by atoms with van der Waals surface area (Å²) in [4.78, 5) is 12.8. The van der Waals surface area contributed by atoms with E-state index in [2.05, 4.69) is 6.92 Å². The topological polar surface area (TPSA) is 26.9 Å². The minimum atomic E-state index is -0.00748. The molecule has 3 aromatic rings. The molecule has 1 aromatic heterocycles. The second kappa shape index (κ2) is 5.78. The number of hydrogen-bond donors (Lipinski definition) is 0. The maximum Gasteiger partial charge on any atom is 0.333 e. The molecule has 0 aliphatic carbocycles. The van der Waals surface area contributed by atoms with Crippen LogP contribution in [0.15, 0.2) is 53.3 Å². The van der Waals surface area contributed by atoms with Gasteiger partial charge in [-0.15, -0.1) is 0 Å². The fourth-order valence-electron chi connectivity index (χ4n) is 2.59. The Bertz CT molecular complexity index is 818. The van der Waals surface area contributed by atoms with E-state index >= 15 is 0 Å². The highest BCUT2D eigenvalue weighted by molar-refractivity contribution is 6.31. The molecule has 0 saturated heterocycles. The third-order valence-electron chi connectivity index (χ3n) is 3.64. The van der Waals surface area contributed by atoms with Gasteiger partial charge >= 0.3 is 5.69 Å². The van der Waals surface area contributed by atoms with E-state index in [1.165, 1.54) is 0 Å². The zero-order valence-corrected chi connectivity index (χ0v) is 12.7. The second-order valence-corrected chi connectivity index (χ2v) is 5.53. The summed E-state index contributed by atoms with van der Waals surface area (Å²) in [5.41, 5.74) is 2.65. The van der Waals surface area contributed by atoms with E-state index in [0.717, 1.165) is 36.1 Å². The van der Waals surface area contributed by atoms with Crippen LogP contribution in [0.5, 0.6) is 0 Å². The van der Waals surface area contributed by atoms with Crippen LogP contribution in [0.1, 0.15) is 19.8 Å². The number of imidazole rings is 1. The van der Waals surface area contributed by atoms with Crippen molar-refractivity contribution in [2.75, 3.05) is 0 Å². The number of rotatable bonds is 4. The number of benzene rings is 2. The first-order valence-electron chi connectivity index (χ1n) is 7.18.